The predicted molar refractivity (Wildman–Crippen MR) is 120 cm³/mol. The molecule has 0 bridgehead atoms. The average Bonchev–Trinajstić information content (AvgIpc) is 2.58. The number of hydrogen-bond acceptors (Lipinski definition) is 4. The number of likely N-dealkylation sites (N-methyl/N-ethyl adjacent to an activating group) is 1. The van der Waals surface area contributed by atoms with E-state index in [1.54, 1.807) is 19.0 Å². The molecule has 0 aliphatic rings. The second-order valence-electron chi connectivity index (χ2n) is 9.19. The van der Waals surface area contributed by atoms with Gasteiger partial charge in [0.15, 0.2) is 5.96 Å². The van der Waals surface area contributed by atoms with Gasteiger partial charge in [0.25, 0.3) is 0 Å². The molecule has 0 heterocycles. The first-order valence-corrected chi connectivity index (χ1v) is 10.1. The number of hydrogen-bond donors (Lipinski definition) is 3. The van der Waals surface area contributed by atoms with Crippen molar-refractivity contribution in [2.24, 2.45) is 4.99 Å². The van der Waals surface area contributed by atoms with Gasteiger partial charge in [0.2, 0.25) is 5.91 Å². The number of carbonyl (C=O) groups is 2. The van der Waals surface area contributed by atoms with E-state index in [0.29, 0.717) is 12.5 Å². The van der Waals surface area contributed by atoms with Gasteiger partial charge in [-0.2, -0.15) is 0 Å². The molecule has 0 saturated carbocycles. The Kier molecular flexibility index (Phi) is 9.14. The fourth-order valence-corrected chi connectivity index (χ4v) is 2.71. The highest BCUT2D eigenvalue weighted by Crippen LogP contribution is 2.14. The third kappa shape index (κ3) is 10.1. The van der Waals surface area contributed by atoms with E-state index in [0.717, 1.165) is 5.56 Å². The molecule has 0 spiro atoms. The summed E-state index contributed by atoms with van der Waals surface area (Å²) in [6.45, 7) is 11.8. The standard InChI is InChI=1S/C22H37N5O3/c1-21(2,3)26-18(28)15-27(8)19(23-7)24-14-17(16-12-10-9-11-13-16)25-20(29)30-22(4,5)6/h9-13,17H,14-15H2,1-8H3,(H,23,24)(H,25,29)(H,26,28). The summed E-state index contributed by atoms with van der Waals surface area (Å²) in [5.74, 6) is 0.449. The van der Waals surface area contributed by atoms with Crippen LogP contribution in [0.2, 0.25) is 0 Å². The third-order valence-corrected chi connectivity index (χ3v) is 3.83. The molecule has 1 unspecified atom stereocenters. The van der Waals surface area contributed by atoms with Crippen molar-refractivity contribution in [2.45, 2.75) is 58.7 Å². The predicted octanol–water partition coefficient (Wildman–Crippen LogP) is 2.67. The number of rotatable bonds is 6. The first-order valence-electron chi connectivity index (χ1n) is 10.1. The fourth-order valence-electron chi connectivity index (χ4n) is 2.71. The number of ether oxygens (including phenoxy) is 1. The highest BCUT2D eigenvalue weighted by Gasteiger charge is 2.22. The Morgan fingerprint density at radius 3 is 2.20 bits per heavy atom. The van der Waals surface area contributed by atoms with Crippen LogP contribution in [0.4, 0.5) is 4.79 Å². The molecule has 8 heteroatoms. The second-order valence-corrected chi connectivity index (χ2v) is 9.19. The van der Waals surface area contributed by atoms with E-state index >= 15 is 0 Å². The van der Waals surface area contributed by atoms with Gasteiger partial charge in [0, 0.05) is 26.2 Å². The van der Waals surface area contributed by atoms with Crippen LogP contribution in [0.15, 0.2) is 35.3 Å². The third-order valence-electron chi connectivity index (χ3n) is 3.83. The Bertz CT molecular complexity index is 721. The minimum atomic E-state index is -0.588. The van der Waals surface area contributed by atoms with Crippen LogP contribution in [0.1, 0.15) is 53.1 Å². The number of amides is 2. The molecule has 0 aliphatic heterocycles. The molecule has 168 valence electrons. The monoisotopic (exact) mass is 419 g/mol. The number of alkyl carbamates (subject to hydrolysis) is 1. The van der Waals surface area contributed by atoms with E-state index in [1.165, 1.54) is 0 Å². The van der Waals surface area contributed by atoms with Crippen LogP contribution in [0, 0.1) is 0 Å². The topological polar surface area (TPSA) is 95.1 Å². The maximum absolute atomic E-state index is 12.3. The zero-order chi connectivity index (χ0) is 22.9. The summed E-state index contributed by atoms with van der Waals surface area (Å²) in [7, 11) is 3.44. The van der Waals surface area contributed by atoms with Crippen molar-refractivity contribution >= 4 is 18.0 Å². The van der Waals surface area contributed by atoms with Gasteiger partial charge >= 0.3 is 6.09 Å². The van der Waals surface area contributed by atoms with Gasteiger partial charge < -0.3 is 25.6 Å². The molecule has 1 aromatic rings. The highest BCUT2D eigenvalue weighted by molar-refractivity contribution is 5.86. The Morgan fingerprint density at radius 1 is 1.10 bits per heavy atom. The van der Waals surface area contributed by atoms with Crippen LogP contribution < -0.4 is 16.0 Å². The molecular formula is C22H37N5O3. The molecule has 0 radical (unpaired) electrons. The van der Waals surface area contributed by atoms with Crippen molar-refractivity contribution in [1.82, 2.24) is 20.9 Å². The summed E-state index contributed by atoms with van der Waals surface area (Å²) in [6.07, 6.45) is -0.494. The molecular weight excluding hydrogens is 382 g/mol. The molecule has 0 aliphatic carbocycles. The summed E-state index contributed by atoms with van der Waals surface area (Å²) in [5.41, 5.74) is 0.0412. The van der Waals surface area contributed by atoms with Crippen molar-refractivity contribution < 1.29 is 14.3 Å². The van der Waals surface area contributed by atoms with E-state index in [2.05, 4.69) is 20.9 Å². The Morgan fingerprint density at radius 2 is 1.70 bits per heavy atom. The summed E-state index contributed by atoms with van der Waals surface area (Å²) in [6, 6.07) is 9.28. The number of guanidine groups is 1. The van der Waals surface area contributed by atoms with E-state index in [-0.39, 0.29) is 24.0 Å². The van der Waals surface area contributed by atoms with Gasteiger partial charge in [-0.25, -0.2) is 4.79 Å². The largest absolute Gasteiger partial charge is 0.444 e. The van der Waals surface area contributed by atoms with E-state index in [4.69, 9.17) is 4.74 Å². The molecule has 1 atom stereocenters. The summed E-state index contributed by atoms with van der Waals surface area (Å²) >= 11 is 0. The average molecular weight is 420 g/mol. The Hall–Kier alpha value is -2.77. The van der Waals surface area contributed by atoms with Gasteiger partial charge in [-0.3, -0.25) is 9.79 Å². The smallest absolute Gasteiger partial charge is 0.408 e. The van der Waals surface area contributed by atoms with Gasteiger partial charge in [0.05, 0.1) is 12.6 Å². The Balaban J connectivity index is 2.80. The molecule has 30 heavy (non-hydrogen) atoms. The molecule has 8 nitrogen and oxygen atoms in total. The minimum absolute atomic E-state index is 0.0977. The van der Waals surface area contributed by atoms with E-state index in [9.17, 15) is 9.59 Å². The van der Waals surface area contributed by atoms with Gasteiger partial charge in [-0.1, -0.05) is 30.3 Å². The fraction of sp³-hybridized carbons (Fsp3) is 0.591. The number of nitrogens with one attached hydrogen (secondary N) is 3. The summed E-state index contributed by atoms with van der Waals surface area (Å²) in [4.78, 5) is 30.5. The highest BCUT2D eigenvalue weighted by atomic mass is 16.6. The van der Waals surface area contributed by atoms with E-state index < -0.39 is 11.7 Å². The van der Waals surface area contributed by atoms with Gasteiger partial charge in [0.1, 0.15) is 5.60 Å². The van der Waals surface area contributed by atoms with Crippen molar-refractivity contribution in [3.63, 3.8) is 0 Å². The maximum Gasteiger partial charge on any atom is 0.408 e. The molecule has 0 aromatic heterocycles. The molecule has 3 N–H and O–H groups in total. The molecule has 0 fully saturated rings. The lowest BCUT2D eigenvalue weighted by atomic mass is 10.1. The van der Waals surface area contributed by atoms with Crippen molar-refractivity contribution in [3.05, 3.63) is 35.9 Å². The lowest BCUT2D eigenvalue weighted by Gasteiger charge is -2.27. The zero-order valence-corrected chi connectivity index (χ0v) is 19.5. The molecule has 0 saturated heterocycles. The summed E-state index contributed by atoms with van der Waals surface area (Å²) < 4.78 is 5.40. The zero-order valence-electron chi connectivity index (χ0n) is 19.5. The van der Waals surface area contributed by atoms with Crippen LogP contribution in [0.3, 0.4) is 0 Å². The SMILES string of the molecule is CN=C(NCC(NC(=O)OC(C)(C)C)c1ccccc1)N(C)CC(=O)NC(C)(C)C. The van der Waals surface area contributed by atoms with Crippen LogP contribution in [-0.4, -0.2) is 61.2 Å². The molecule has 2 amide bonds. The number of carbonyl (C=O) groups excluding carboxylic acids is 2. The van der Waals surface area contributed by atoms with Crippen LogP contribution >= 0.6 is 0 Å². The first-order chi connectivity index (χ1) is 13.8. The maximum atomic E-state index is 12.3. The lowest BCUT2D eigenvalue weighted by molar-refractivity contribution is -0.122. The van der Waals surface area contributed by atoms with E-state index in [1.807, 2.05) is 71.9 Å². The minimum Gasteiger partial charge on any atom is -0.444 e. The number of benzene rings is 1. The number of nitrogens with zero attached hydrogens (tertiary/aromatic N) is 2. The van der Waals surface area contributed by atoms with Crippen molar-refractivity contribution in [2.75, 3.05) is 27.2 Å². The lowest BCUT2D eigenvalue weighted by Crippen LogP contribution is -2.50. The molecule has 1 aromatic carbocycles. The summed E-state index contributed by atoms with van der Waals surface area (Å²) in [5, 5.41) is 9.06. The van der Waals surface area contributed by atoms with Gasteiger partial charge in [-0.05, 0) is 47.1 Å². The quantitative estimate of drug-likeness (QED) is 0.487. The molecule has 1 rings (SSSR count). The van der Waals surface area contributed by atoms with Crippen molar-refractivity contribution in [1.29, 1.82) is 0 Å². The van der Waals surface area contributed by atoms with Crippen LogP contribution in [0.25, 0.3) is 0 Å². The van der Waals surface area contributed by atoms with Gasteiger partial charge in [-0.15, -0.1) is 0 Å². The van der Waals surface area contributed by atoms with Crippen LogP contribution in [-0.2, 0) is 9.53 Å². The normalized spacial score (nSPS) is 13.3. The van der Waals surface area contributed by atoms with Crippen molar-refractivity contribution in [3.8, 4) is 0 Å². The number of aliphatic imine (C=N–C) groups is 1. The van der Waals surface area contributed by atoms with Crippen LogP contribution in [0.5, 0.6) is 0 Å². The Labute approximate surface area is 180 Å². The first kappa shape index (κ1) is 25.3. The second kappa shape index (κ2) is 10.8.